The first-order valence-electron chi connectivity index (χ1n) is 11.4. The number of halogens is 2. The van der Waals surface area contributed by atoms with Gasteiger partial charge in [-0.15, -0.1) is 0 Å². The number of benzene rings is 1. The number of amides is 2. The van der Waals surface area contributed by atoms with E-state index in [9.17, 15) is 14.4 Å². The molecular formula is C23H27F2N5O5. The van der Waals surface area contributed by atoms with E-state index in [1.165, 1.54) is 16.8 Å². The van der Waals surface area contributed by atoms with Crippen LogP contribution in [-0.2, 0) is 20.7 Å². The molecule has 1 aromatic heterocycles. The lowest BCUT2D eigenvalue weighted by molar-refractivity contribution is -0.133. The summed E-state index contributed by atoms with van der Waals surface area (Å²) >= 11 is 0. The van der Waals surface area contributed by atoms with Crippen molar-refractivity contribution in [3.63, 3.8) is 0 Å². The van der Waals surface area contributed by atoms with Gasteiger partial charge < -0.3 is 19.0 Å². The number of nitrogens with one attached hydrogen (secondary N) is 1. The molecule has 2 aliphatic heterocycles. The summed E-state index contributed by atoms with van der Waals surface area (Å²) in [4.78, 5) is 38.7. The topological polar surface area (TPSA) is 108 Å². The van der Waals surface area contributed by atoms with Crippen LogP contribution >= 0.6 is 0 Å². The number of aryl methyl sites for hydroxylation is 1. The van der Waals surface area contributed by atoms with Crippen LogP contribution in [0.4, 0.5) is 25.0 Å². The van der Waals surface area contributed by atoms with Crippen molar-refractivity contribution in [2.75, 3.05) is 42.5 Å². The van der Waals surface area contributed by atoms with Gasteiger partial charge in [-0.25, -0.2) is 19.0 Å². The van der Waals surface area contributed by atoms with Gasteiger partial charge in [0.2, 0.25) is 5.91 Å². The average molecular weight is 491 g/mol. The summed E-state index contributed by atoms with van der Waals surface area (Å²) in [6.07, 6.45) is -0.593. The number of hydrogen-bond acceptors (Lipinski definition) is 8. The predicted molar refractivity (Wildman–Crippen MR) is 121 cm³/mol. The second kappa shape index (κ2) is 10.4. The molecule has 2 amide bonds. The van der Waals surface area contributed by atoms with Crippen LogP contribution in [0.2, 0.25) is 0 Å². The van der Waals surface area contributed by atoms with E-state index in [0.717, 1.165) is 17.0 Å². The van der Waals surface area contributed by atoms with E-state index in [1.807, 2.05) is 0 Å². The zero-order valence-electron chi connectivity index (χ0n) is 19.6. The molecular weight excluding hydrogens is 464 g/mol. The molecule has 188 valence electrons. The van der Waals surface area contributed by atoms with E-state index >= 15 is 8.78 Å². The molecule has 0 aliphatic carbocycles. The fraction of sp³-hybridized carbons (Fsp3) is 0.478. The van der Waals surface area contributed by atoms with Crippen LogP contribution in [-0.4, -0.2) is 66.8 Å². The minimum atomic E-state index is -0.822. The summed E-state index contributed by atoms with van der Waals surface area (Å²) in [6, 6.07) is 3.87. The fourth-order valence-electron chi connectivity index (χ4n) is 4.17. The van der Waals surface area contributed by atoms with Crippen molar-refractivity contribution in [3.05, 3.63) is 41.3 Å². The number of aromatic nitrogens is 1. The predicted octanol–water partition coefficient (Wildman–Crippen LogP) is 2.35. The molecule has 12 heteroatoms. The lowest BCUT2D eigenvalue weighted by Gasteiger charge is -2.25. The number of rotatable bonds is 7. The van der Waals surface area contributed by atoms with Crippen molar-refractivity contribution in [1.82, 2.24) is 15.6 Å². The maximum absolute atomic E-state index is 15.1. The SMILES string of the molecule is CC(=O)CC[C@H]1CN(c2cc(F)c(N3CCNN(C(=O)Cc4cc(C)no4)CC3)c(F)c2)C(=O)O1. The van der Waals surface area contributed by atoms with E-state index < -0.39 is 23.8 Å². The summed E-state index contributed by atoms with van der Waals surface area (Å²) < 4.78 is 40.5. The Hall–Kier alpha value is -3.54. The first kappa shape index (κ1) is 24.6. The zero-order chi connectivity index (χ0) is 25.1. The minimum absolute atomic E-state index is 0.0185. The largest absolute Gasteiger partial charge is 0.444 e. The third kappa shape index (κ3) is 5.76. The van der Waals surface area contributed by atoms with Crippen molar-refractivity contribution >= 4 is 29.2 Å². The maximum Gasteiger partial charge on any atom is 0.414 e. The Morgan fingerprint density at radius 3 is 2.57 bits per heavy atom. The highest BCUT2D eigenvalue weighted by Crippen LogP contribution is 2.31. The molecule has 35 heavy (non-hydrogen) atoms. The highest BCUT2D eigenvalue weighted by Gasteiger charge is 2.34. The van der Waals surface area contributed by atoms with E-state index in [0.29, 0.717) is 17.9 Å². The monoisotopic (exact) mass is 491 g/mol. The fourth-order valence-corrected chi connectivity index (χ4v) is 4.17. The third-order valence-electron chi connectivity index (χ3n) is 5.90. The van der Waals surface area contributed by atoms with Crippen LogP contribution in [0.3, 0.4) is 0 Å². The van der Waals surface area contributed by atoms with Gasteiger partial charge >= 0.3 is 6.09 Å². The van der Waals surface area contributed by atoms with Crippen LogP contribution in [0.1, 0.15) is 31.2 Å². The molecule has 1 N–H and O–H groups in total. The van der Waals surface area contributed by atoms with E-state index in [-0.39, 0.29) is 68.6 Å². The number of carbonyl (C=O) groups excluding carboxylic acids is 3. The highest BCUT2D eigenvalue weighted by molar-refractivity contribution is 5.90. The number of hydrazine groups is 1. The van der Waals surface area contributed by atoms with Crippen LogP contribution in [0, 0.1) is 18.6 Å². The first-order chi connectivity index (χ1) is 16.7. The van der Waals surface area contributed by atoms with Gasteiger partial charge in [-0.3, -0.25) is 14.7 Å². The Morgan fingerprint density at radius 2 is 1.91 bits per heavy atom. The summed E-state index contributed by atoms with van der Waals surface area (Å²) in [5, 5.41) is 5.17. The lowest BCUT2D eigenvalue weighted by Crippen LogP contribution is -2.44. The molecule has 0 bridgehead atoms. The maximum atomic E-state index is 15.1. The molecule has 4 rings (SSSR count). The summed E-state index contributed by atoms with van der Waals surface area (Å²) in [7, 11) is 0. The zero-order valence-corrected chi connectivity index (χ0v) is 19.6. The van der Waals surface area contributed by atoms with Gasteiger partial charge in [-0.1, -0.05) is 5.16 Å². The van der Waals surface area contributed by atoms with Gasteiger partial charge in [-0.2, -0.15) is 0 Å². The van der Waals surface area contributed by atoms with Gasteiger partial charge in [0.25, 0.3) is 0 Å². The standard InChI is InChI=1S/C23H27F2N5O5/c1-14-9-18(35-27-14)12-21(32)30-8-7-28(6-5-26-30)22-19(24)10-16(11-20(22)25)29-13-17(34-23(29)33)4-3-15(2)31/h9-11,17,26H,3-8,12-13H2,1-2H3/t17-/m0/s1. The smallest absolute Gasteiger partial charge is 0.414 e. The minimum Gasteiger partial charge on any atom is -0.444 e. The van der Waals surface area contributed by atoms with Crippen LogP contribution in [0.25, 0.3) is 0 Å². The molecule has 0 radical (unpaired) electrons. The molecule has 2 fully saturated rings. The third-order valence-corrected chi connectivity index (χ3v) is 5.90. The Morgan fingerprint density at radius 1 is 1.17 bits per heavy atom. The number of hydrogen-bond donors (Lipinski definition) is 1. The molecule has 2 aromatic rings. The van der Waals surface area contributed by atoms with Crippen LogP contribution < -0.4 is 15.2 Å². The van der Waals surface area contributed by atoms with Crippen molar-refractivity contribution in [3.8, 4) is 0 Å². The number of carbonyl (C=O) groups is 3. The van der Waals surface area contributed by atoms with Crippen molar-refractivity contribution in [1.29, 1.82) is 0 Å². The molecule has 1 atom stereocenters. The molecule has 0 saturated carbocycles. The number of ether oxygens (including phenoxy) is 1. The van der Waals surface area contributed by atoms with Gasteiger partial charge in [0.1, 0.15) is 23.3 Å². The van der Waals surface area contributed by atoms with E-state index in [4.69, 9.17) is 9.26 Å². The second-order valence-corrected chi connectivity index (χ2v) is 8.67. The summed E-state index contributed by atoms with van der Waals surface area (Å²) in [5.74, 6) is -1.48. The van der Waals surface area contributed by atoms with Gasteiger partial charge in [0, 0.05) is 44.3 Å². The van der Waals surface area contributed by atoms with Gasteiger partial charge in [0.15, 0.2) is 11.6 Å². The number of Topliss-reactive ketones (excluding diaryl/α,β-unsaturated/α-hetero) is 1. The van der Waals surface area contributed by atoms with E-state index in [1.54, 1.807) is 13.0 Å². The molecule has 0 unspecified atom stereocenters. The normalized spacial score (nSPS) is 18.6. The van der Waals surface area contributed by atoms with Crippen LogP contribution in [0.15, 0.2) is 22.7 Å². The number of ketones is 1. The Labute approximate surface area is 200 Å². The highest BCUT2D eigenvalue weighted by atomic mass is 19.1. The molecule has 0 spiro atoms. The Balaban J connectivity index is 1.41. The average Bonchev–Trinajstić information content (AvgIpc) is 3.28. The second-order valence-electron chi connectivity index (χ2n) is 8.67. The molecule has 10 nitrogen and oxygen atoms in total. The van der Waals surface area contributed by atoms with Crippen molar-refractivity contribution in [2.45, 2.75) is 39.2 Å². The Kier molecular flexibility index (Phi) is 7.29. The molecule has 1 aromatic carbocycles. The number of cyclic esters (lactones) is 1. The lowest BCUT2D eigenvalue weighted by atomic mass is 10.1. The summed E-state index contributed by atoms with van der Waals surface area (Å²) in [6.45, 7) is 4.26. The van der Waals surface area contributed by atoms with E-state index in [2.05, 4.69) is 10.6 Å². The Bertz CT molecular complexity index is 1100. The van der Waals surface area contributed by atoms with Crippen LogP contribution in [0.5, 0.6) is 0 Å². The van der Waals surface area contributed by atoms with Crippen molar-refractivity contribution < 1.29 is 32.4 Å². The summed E-state index contributed by atoms with van der Waals surface area (Å²) in [5.41, 5.74) is 3.47. The molecule has 3 heterocycles. The van der Waals surface area contributed by atoms with Gasteiger partial charge in [0.05, 0.1) is 30.9 Å². The quantitative estimate of drug-likeness (QED) is 0.629. The van der Waals surface area contributed by atoms with Crippen molar-refractivity contribution in [2.24, 2.45) is 0 Å². The molecule has 2 aliphatic rings. The molecule has 2 saturated heterocycles. The first-order valence-corrected chi connectivity index (χ1v) is 11.4. The number of anilines is 2. The van der Waals surface area contributed by atoms with Gasteiger partial charge in [-0.05, 0) is 20.3 Å². The number of nitrogens with zero attached hydrogens (tertiary/aromatic N) is 4.